The van der Waals surface area contributed by atoms with E-state index in [0.29, 0.717) is 5.56 Å². The summed E-state index contributed by atoms with van der Waals surface area (Å²) in [5.41, 5.74) is 8.91. The summed E-state index contributed by atoms with van der Waals surface area (Å²) in [6.45, 7) is 2.01. The summed E-state index contributed by atoms with van der Waals surface area (Å²) in [5, 5.41) is 1.07. The Balaban J connectivity index is 2.05. The summed E-state index contributed by atoms with van der Waals surface area (Å²) in [6.07, 6.45) is 0. The van der Waals surface area contributed by atoms with E-state index in [-0.39, 0.29) is 0 Å². The standard InChI is InChI=1S/C15H12N2OS/c1-9-17-13-8-12(6-7-14(13)19-9)10-2-4-11(5-3-10)15(16)18/h2-8H,1H3,(H2,16,18). The maximum Gasteiger partial charge on any atom is 0.248 e. The average Bonchev–Trinajstić information content (AvgIpc) is 2.77. The summed E-state index contributed by atoms with van der Waals surface area (Å²) in [6, 6.07) is 13.5. The third kappa shape index (κ3) is 2.22. The number of benzene rings is 2. The highest BCUT2D eigenvalue weighted by atomic mass is 32.1. The molecule has 0 bridgehead atoms. The molecular weight excluding hydrogens is 256 g/mol. The maximum atomic E-state index is 11.0. The van der Waals surface area contributed by atoms with Crippen molar-refractivity contribution < 1.29 is 4.79 Å². The molecule has 19 heavy (non-hydrogen) atoms. The van der Waals surface area contributed by atoms with E-state index in [1.54, 1.807) is 23.5 Å². The van der Waals surface area contributed by atoms with Crippen LogP contribution in [-0.4, -0.2) is 10.9 Å². The van der Waals surface area contributed by atoms with Gasteiger partial charge >= 0.3 is 0 Å². The van der Waals surface area contributed by atoms with Crippen LogP contribution >= 0.6 is 11.3 Å². The molecule has 0 aliphatic heterocycles. The number of rotatable bonds is 2. The number of fused-ring (bicyclic) bond motifs is 1. The number of amides is 1. The summed E-state index contributed by atoms with van der Waals surface area (Å²) in [5.74, 6) is -0.405. The lowest BCUT2D eigenvalue weighted by atomic mass is 10.0. The van der Waals surface area contributed by atoms with Crippen LogP contribution in [0.25, 0.3) is 21.3 Å². The largest absolute Gasteiger partial charge is 0.366 e. The van der Waals surface area contributed by atoms with Crippen LogP contribution in [-0.2, 0) is 0 Å². The molecule has 0 atom stereocenters. The van der Waals surface area contributed by atoms with Gasteiger partial charge in [0.1, 0.15) is 0 Å². The van der Waals surface area contributed by atoms with E-state index < -0.39 is 5.91 Å². The van der Waals surface area contributed by atoms with Crippen molar-refractivity contribution in [3.05, 3.63) is 53.0 Å². The van der Waals surface area contributed by atoms with Gasteiger partial charge in [-0.3, -0.25) is 4.79 Å². The minimum atomic E-state index is -0.405. The predicted molar refractivity (Wildman–Crippen MR) is 78.3 cm³/mol. The molecule has 0 radical (unpaired) electrons. The van der Waals surface area contributed by atoms with E-state index in [0.717, 1.165) is 21.7 Å². The number of carbonyl (C=O) groups excluding carboxylic acids is 1. The number of aromatic nitrogens is 1. The van der Waals surface area contributed by atoms with Crippen LogP contribution < -0.4 is 5.73 Å². The molecule has 0 saturated carbocycles. The predicted octanol–water partition coefficient (Wildman–Crippen LogP) is 3.37. The Bertz CT molecular complexity index is 759. The van der Waals surface area contributed by atoms with Crippen molar-refractivity contribution in [2.24, 2.45) is 5.73 Å². The molecule has 0 unspecified atom stereocenters. The topological polar surface area (TPSA) is 56.0 Å². The number of carbonyl (C=O) groups is 1. The minimum Gasteiger partial charge on any atom is -0.366 e. The van der Waals surface area contributed by atoms with Crippen LogP contribution in [0.1, 0.15) is 15.4 Å². The number of aryl methyl sites for hydroxylation is 1. The molecule has 4 heteroatoms. The Morgan fingerprint density at radius 3 is 2.47 bits per heavy atom. The summed E-state index contributed by atoms with van der Waals surface area (Å²) in [7, 11) is 0. The molecule has 3 aromatic rings. The summed E-state index contributed by atoms with van der Waals surface area (Å²) in [4.78, 5) is 15.5. The van der Waals surface area contributed by atoms with Gasteiger partial charge in [0.25, 0.3) is 0 Å². The van der Waals surface area contributed by atoms with Gasteiger partial charge in [-0.25, -0.2) is 4.98 Å². The molecule has 0 saturated heterocycles. The van der Waals surface area contributed by atoms with Gasteiger partial charge in [-0.1, -0.05) is 18.2 Å². The smallest absolute Gasteiger partial charge is 0.248 e. The Morgan fingerprint density at radius 1 is 1.11 bits per heavy atom. The number of primary amides is 1. The van der Waals surface area contributed by atoms with Crippen LogP contribution in [0.3, 0.4) is 0 Å². The zero-order chi connectivity index (χ0) is 13.4. The second kappa shape index (κ2) is 4.48. The number of thiazole rings is 1. The zero-order valence-electron chi connectivity index (χ0n) is 10.4. The van der Waals surface area contributed by atoms with E-state index in [9.17, 15) is 4.79 Å². The number of nitrogens with two attached hydrogens (primary N) is 1. The third-order valence-electron chi connectivity index (χ3n) is 3.00. The molecule has 3 nitrogen and oxygen atoms in total. The zero-order valence-corrected chi connectivity index (χ0v) is 11.2. The van der Waals surface area contributed by atoms with E-state index >= 15 is 0 Å². The van der Waals surface area contributed by atoms with Crippen molar-refractivity contribution in [3.8, 4) is 11.1 Å². The SMILES string of the molecule is Cc1nc2cc(-c3ccc(C(N)=O)cc3)ccc2s1. The van der Waals surface area contributed by atoms with Gasteiger partial charge in [0, 0.05) is 5.56 Å². The summed E-state index contributed by atoms with van der Waals surface area (Å²) < 4.78 is 1.19. The molecule has 2 N–H and O–H groups in total. The van der Waals surface area contributed by atoms with Crippen LogP contribution in [0.15, 0.2) is 42.5 Å². The van der Waals surface area contributed by atoms with Crippen molar-refractivity contribution in [3.63, 3.8) is 0 Å². The van der Waals surface area contributed by atoms with Crippen molar-refractivity contribution in [2.75, 3.05) is 0 Å². The molecule has 0 aliphatic rings. The second-order valence-corrected chi connectivity index (χ2v) is 5.59. The summed E-state index contributed by atoms with van der Waals surface area (Å²) >= 11 is 1.69. The molecule has 1 aromatic heterocycles. The highest BCUT2D eigenvalue weighted by molar-refractivity contribution is 7.18. The Kier molecular flexibility index (Phi) is 2.80. The van der Waals surface area contributed by atoms with Gasteiger partial charge in [0.05, 0.1) is 15.2 Å². The Hall–Kier alpha value is -2.20. The lowest BCUT2D eigenvalue weighted by Crippen LogP contribution is -2.10. The number of hydrogen-bond acceptors (Lipinski definition) is 3. The van der Waals surface area contributed by atoms with Gasteiger partial charge in [-0.05, 0) is 42.3 Å². The molecule has 1 amide bonds. The van der Waals surface area contributed by atoms with E-state index in [1.165, 1.54) is 4.70 Å². The lowest BCUT2D eigenvalue weighted by Gasteiger charge is -2.02. The van der Waals surface area contributed by atoms with Gasteiger partial charge in [-0.15, -0.1) is 11.3 Å². The van der Waals surface area contributed by atoms with Crippen molar-refractivity contribution in [1.29, 1.82) is 0 Å². The second-order valence-electron chi connectivity index (χ2n) is 4.36. The van der Waals surface area contributed by atoms with Gasteiger partial charge < -0.3 is 5.73 Å². The minimum absolute atomic E-state index is 0.405. The van der Waals surface area contributed by atoms with Crippen molar-refractivity contribution in [2.45, 2.75) is 6.92 Å². The fraction of sp³-hybridized carbons (Fsp3) is 0.0667. The fourth-order valence-electron chi connectivity index (χ4n) is 2.05. The van der Waals surface area contributed by atoms with Gasteiger partial charge in [0.15, 0.2) is 0 Å². The van der Waals surface area contributed by atoms with E-state index in [2.05, 4.69) is 23.2 Å². The lowest BCUT2D eigenvalue weighted by molar-refractivity contribution is 0.100. The Morgan fingerprint density at radius 2 is 1.79 bits per heavy atom. The fourth-order valence-corrected chi connectivity index (χ4v) is 2.86. The van der Waals surface area contributed by atoms with Gasteiger partial charge in [-0.2, -0.15) is 0 Å². The quantitative estimate of drug-likeness (QED) is 0.774. The monoisotopic (exact) mass is 268 g/mol. The Labute approximate surface area is 114 Å². The molecule has 1 heterocycles. The number of hydrogen-bond donors (Lipinski definition) is 1. The highest BCUT2D eigenvalue weighted by Gasteiger charge is 2.05. The maximum absolute atomic E-state index is 11.0. The normalized spacial score (nSPS) is 10.8. The van der Waals surface area contributed by atoms with Crippen LogP contribution in [0.4, 0.5) is 0 Å². The van der Waals surface area contributed by atoms with Gasteiger partial charge in [0.2, 0.25) is 5.91 Å². The first-order valence-corrected chi connectivity index (χ1v) is 6.72. The van der Waals surface area contributed by atoms with E-state index in [4.69, 9.17) is 5.73 Å². The van der Waals surface area contributed by atoms with Crippen LogP contribution in [0, 0.1) is 6.92 Å². The molecule has 3 rings (SSSR count). The first-order valence-electron chi connectivity index (χ1n) is 5.91. The number of nitrogens with zero attached hydrogens (tertiary/aromatic N) is 1. The molecule has 0 aliphatic carbocycles. The van der Waals surface area contributed by atoms with Crippen molar-refractivity contribution in [1.82, 2.24) is 4.98 Å². The van der Waals surface area contributed by atoms with E-state index in [1.807, 2.05) is 19.1 Å². The molecule has 2 aromatic carbocycles. The first kappa shape index (κ1) is 11.9. The van der Waals surface area contributed by atoms with Crippen LogP contribution in [0.2, 0.25) is 0 Å². The molecule has 0 spiro atoms. The van der Waals surface area contributed by atoms with Crippen molar-refractivity contribution >= 4 is 27.5 Å². The van der Waals surface area contributed by atoms with Crippen LogP contribution in [0.5, 0.6) is 0 Å². The third-order valence-corrected chi connectivity index (χ3v) is 3.95. The first-order chi connectivity index (χ1) is 9.13. The highest BCUT2D eigenvalue weighted by Crippen LogP contribution is 2.27. The molecule has 0 fully saturated rings. The molecule has 94 valence electrons. The molecular formula is C15H12N2OS. The average molecular weight is 268 g/mol.